The van der Waals surface area contributed by atoms with Crippen molar-refractivity contribution < 1.29 is 59.7 Å². The molecule has 246 valence electrons. The molecule has 0 N–H and O–H groups in total. The van der Waals surface area contributed by atoms with Crippen LogP contribution in [0.25, 0.3) is 16.0 Å². The molecular formula is C27H21Cd2N19O3. The molecule has 6 heterocycles. The van der Waals surface area contributed by atoms with Crippen molar-refractivity contribution in [3.8, 4) is 0 Å². The Balaban J connectivity index is 0.000000356. The van der Waals surface area contributed by atoms with E-state index in [1.165, 1.54) is 19.0 Å². The number of hydrogen-bond acceptors (Lipinski definition) is 18. The first-order valence-electron chi connectivity index (χ1n) is 13.2. The number of aromatic nitrogens is 12. The Morgan fingerprint density at radius 3 is 0.784 bits per heavy atom. The third-order valence-corrected chi connectivity index (χ3v) is 4.35. The third-order valence-electron chi connectivity index (χ3n) is 4.35. The SMILES string of the molecule is C(=N\c1ncccn1)/[N-]c1ncccn1.C(=N\c1ncccn1)/[N-]c1ncccn1.C(=N\c1ncccn1)/[N-]c1ncccn1.O=[N+]([O-])[O-].[Cd+2].[Cd+2]. The molecule has 51 heavy (non-hydrogen) atoms. The van der Waals surface area contributed by atoms with Gasteiger partial charge in [-0.05, 0) is 73.6 Å². The minimum Gasteiger partial charge on any atom is -0.356 e. The molecule has 24 heteroatoms. The van der Waals surface area contributed by atoms with E-state index in [-0.39, 0.29) is 54.6 Å². The van der Waals surface area contributed by atoms with E-state index in [2.05, 4.69) is 90.7 Å². The van der Waals surface area contributed by atoms with Gasteiger partial charge in [0.25, 0.3) is 0 Å². The molecule has 0 spiro atoms. The fraction of sp³-hybridized carbons (Fsp3) is 0. The van der Waals surface area contributed by atoms with Crippen LogP contribution in [0.15, 0.2) is 126 Å². The molecule has 0 aliphatic rings. The number of aliphatic imine (C=N–C) groups is 3. The van der Waals surface area contributed by atoms with E-state index in [0.717, 1.165) is 0 Å². The fourth-order valence-electron chi connectivity index (χ4n) is 2.54. The maximum Gasteiger partial charge on any atom is 2.00 e. The molecule has 0 saturated carbocycles. The minimum absolute atomic E-state index is 0. The normalized spacial score (nSPS) is 9.65. The summed E-state index contributed by atoms with van der Waals surface area (Å²) in [7, 11) is 0. The second-order valence-electron chi connectivity index (χ2n) is 7.64. The monoisotopic (exact) mass is 887 g/mol. The van der Waals surface area contributed by atoms with E-state index >= 15 is 0 Å². The van der Waals surface area contributed by atoms with Gasteiger partial charge in [-0.3, -0.25) is 0 Å². The summed E-state index contributed by atoms with van der Waals surface area (Å²) >= 11 is 0. The number of nitrogens with zero attached hydrogens (tertiary/aromatic N) is 19. The molecule has 22 nitrogen and oxygen atoms in total. The smallest absolute Gasteiger partial charge is 0.356 e. The second-order valence-corrected chi connectivity index (χ2v) is 7.64. The Morgan fingerprint density at radius 2 is 0.588 bits per heavy atom. The van der Waals surface area contributed by atoms with Crippen molar-refractivity contribution >= 4 is 54.7 Å². The molecule has 6 aromatic heterocycles. The first-order chi connectivity index (χ1) is 24.1. The van der Waals surface area contributed by atoms with Gasteiger partial charge in [-0.1, -0.05) is 0 Å². The van der Waals surface area contributed by atoms with Crippen molar-refractivity contribution in [3.63, 3.8) is 0 Å². The van der Waals surface area contributed by atoms with Gasteiger partial charge in [-0.15, -0.1) is 0 Å². The van der Waals surface area contributed by atoms with Crippen molar-refractivity contribution in [3.05, 3.63) is 142 Å². The first kappa shape index (κ1) is 43.0. The zero-order valence-corrected chi connectivity index (χ0v) is 34.3. The molecule has 0 saturated heterocycles. The number of hydrogen-bond donors (Lipinski definition) is 0. The van der Waals surface area contributed by atoms with Crippen LogP contribution in [-0.4, -0.2) is 83.9 Å². The summed E-state index contributed by atoms with van der Waals surface area (Å²) in [5.41, 5.74) is 0. The van der Waals surface area contributed by atoms with Gasteiger partial charge in [0.2, 0.25) is 0 Å². The largest absolute Gasteiger partial charge is 2.00 e. The molecule has 0 aliphatic heterocycles. The summed E-state index contributed by atoms with van der Waals surface area (Å²) < 4.78 is 0. The topological polar surface area (TPSA) is 300 Å². The summed E-state index contributed by atoms with van der Waals surface area (Å²) in [6, 6.07) is 10.3. The van der Waals surface area contributed by atoms with Crippen LogP contribution in [0.3, 0.4) is 0 Å². The van der Waals surface area contributed by atoms with Gasteiger partial charge in [0.05, 0.1) is 22.9 Å². The second kappa shape index (κ2) is 27.8. The minimum atomic E-state index is -1.75. The Labute approximate surface area is 329 Å². The van der Waals surface area contributed by atoms with Gasteiger partial charge < -0.3 is 76.2 Å². The standard InChI is InChI=1S/3C9H7N6.2Cd.NO3/c3*1-3-10-8(11-4-1)14-7-15-9-12-5-2-6-13-9;;;2-1(3)4/h3*1-7H;;;/q3*-1;2*+2;-1. The van der Waals surface area contributed by atoms with Crippen molar-refractivity contribution in [2.24, 2.45) is 15.0 Å². The molecule has 0 radical (unpaired) electrons. The molecule has 0 aromatic carbocycles. The van der Waals surface area contributed by atoms with Gasteiger partial charge >= 0.3 is 54.6 Å². The Bertz CT molecular complexity index is 1610. The molecule has 0 bridgehead atoms. The predicted octanol–water partition coefficient (Wildman–Crippen LogP) is 4.65. The van der Waals surface area contributed by atoms with Crippen molar-refractivity contribution in [1.82, 2.24) is 59.8 Å². The average molecular weight is 884 g/mol. The van der Waals surface area contributed by atoms with Crippen LogP contribution >= 0.6 is 0 Å². The quantitative estimate of drug-likeness (QED) is 0.0627. The maximum atomic E-state index is 8.25. The summed E-state index contributed by atoms with van der Waals surface area (Å²) in [5, 5.41) is 26.5. The molecule has 0 aliphatic carbocycles. The number of rotatable bonds is 9. The van der Waals surface area contributed by atoms with Crippen molar-refractivity contribution in [1.29, 1.82) is 0 Å². The van der Waals surface area contributed by atoms with Gasteiger partial charge in [0.15, 0.2) is 17.8 Å². The predicted molar refractivity (Wildman–Crippen MR) is 176 cm³/mol. The maximum absolute atomic E-state index is 8.25. The molecule has 0 unspecified atom stereocenters. The van der Waals surface area contributed by atoms with E-state index < -0.39 is 5.09 Å². The van der Waals surface area contributed by atoms with E-state index in [0.29, 0.717) is 35.7 Å². The van der Waals surface area contributed by atoms with Gasteiger partial charge in [-0.25, -0.2) is 29.9 Å². The van der Waals surface area contributed by atoms with Crippen LogP contribution in [0.5, 0.6) is 0 Å². The van der Waals surface area contributed by atoms with Gasteiger partial charge in [0.1, 0.15) is 0 Å². The van der Waals surface area contributed by atoms with Crippen molar-refractivity contribution in [2.75, 3.05) is 0 Å². The van der Waals surface area contributed by atoms with E-state index in [1.807, 2.05) is 0 Å². The fourth-order valence-corrected chi connectivity index (χ4v) is 2.54. The Morgan fingerprint density at radius 1 is 0.412 bits per heavy atom. The Kier molecular flexibility index (Phi) is 23.4. The zero-order valence-electron chi connectivity index (χ0n) is 26.3. The molecule has 0 fully saturated rings. The van der Waals surface area contributed by atoms with Crippen LogP contribution in [0.1, 0.15) is 0 Å². The summed E-state index contributed by atoms with van der Waals surface area (Å²) in [4.78, 5) is 66.8. The van der Waals surface area contributed by atoms with Crippen LogP contribution in [0.4, 0.5) is 35.7 Å². The van der Waals surface area contributed by atoms with Gasteiger partial charge in [-0.2, -0.15) is 0 Å². The first-order valence-corrected chi connectivity index (χ1v) is 13.2. The molecule has 0 atom stereocenters. The molecule has 6 rings (SSSR count). The van der Waals surface area contributed by atoms with E-state index in [4.69, 9.17) is 15.3 Å². The summed E-state index contributed by atoms with van der Waals surface area (Å²) in [6.07, 6.45) is 23.3. The van der Waals surface area contributed by atoms with Crippen LogP contribution in [0.2, 0.25) is 0 Å². The van der Waals surface area contributed by atoms with Crippen LogP contribution in [0, 0.1) is 15.3 Å². The molecule has 0 amide bonds. The molecular weight excluding hydrogens is 863 g/mol. The van der Waals surface area contributed by atoms with Crippen LogP contribution < -0.4 is 0 Å². The Hall–Kier alpha value is -6.07. The van der Waals surface area contributed by atoms with E-state index in [9.17, 15) is 0 Å². The zero-order chi connectivity index (χ0) is 34.6. The van der Waals surface area contributed by atoms with Crippen molar-refractivity contribution in [2.45, 2.75) is 0 Å². The van der Waals surface area contributed by atoms with Gasteiger partial charge in [0, 0.05) is 56.2 Å². The summed E-state index contributed by atoms with van der Waals surface area (Å²) in [5.74, 6) is 2.15. The third kappa shape index (κ3) is 21.5. The van der Waals surface area contributed by atoms with Crippen LogP contribution in [-0.2, 0) is 54.6 Å². The average Bonchev–Trinajstić information content (AvgIpc) is 3.15. The summed E-state index contributed by atoms with van der Waals surface area (Å²) in [6.45, 7) is 0. The van der Waals surface area contributed by atoms with E-state index in [1.54, 1.807) is 111 Å². The molecule has 6 aromatic rings.